The van der Waals surface area contributed by atoms with Gasteiger partial charge in [0.2, 0.25) is 5.88 Å². The number of benzene rings is 1. The van der Waals surface area contributed by atoms with Gasteiger partial charge in [0, 0.05) is 35.5 Å². The molecule has 0 radical (unpaired) electrons. The topological polar surface area (TPSA) is 85.7 Å². The molecule has 7 nitrogen and oxygen atoms in total. The van der Waals surface area contributed by atoms with Gasteiger partial charge in [-0.05, 0) is 49.8 Å². The highest BCUT2D eigenvalue weighted by Crippen LogP contribution is 2.45. The van der Waals surface area contributed by atoms with Crippen LogP contribution in [0.4, 0.5) is 5.82 Å². The second kappa shape index (κ2) is 8.82. The number of rotatable bonds is 7. The monoisotopic (exact) mass is 450 g/mol. The van der Waals surface area contributed by atoms with Gasteiger partial charge >= 0.3 is 0 Å². The Bertz CT molecular complexity index is 1320. The van der Waals surface area contributed by atoms with Gasteiger partial charge in [0.25, 0.3) is 0 Å². The van der Waals surface area contributed by atoms with Gasteiger partial charge in [0.05, 0.1) is 18.5 Å². The molecule has 6 rings (SSSR count). The quantitative estimate of drug-likeness (QED) is 0.425. The van der Waals surface area contributed by atoms with Crippen LogP contribution in [-0.2, 0) is 19.4 Å². The van der Waals surface area contributed by atoms with E-state index in [1.165, 1.54) is 11.1 Å². The highest BCUT2D eigenvalue weighted by atomic mass is 16.5. The van der Waals surface area contributed by atoms with E-state index in [9.17, 15) is 0 Å². The first-order chi connectivity index (χ1) is 16.8. The number of hydrogen-bond donors (Lipinski definition) is 1. The van der Waals surface area contributed by atoms with Crippen LogP contribution in [0, 0.1) is 0 Å². The molecule has 3 aromatic heterocycles. The Balaban J connectivity index is 1.30. The SMILES string of the molecule is COc1ncnc(C2CC2)c1-c1nc2c(c(NCc3ccc(-c4ccccn4)cc3)n1)CCC2. The molecule has 2 aliphatic carbocycles. The number of aryl methyl sites for hydroxylation is 1. The summed E-state index contributed by atoms with van der Waals surface area (Å²) in [7, 11) is 1.64. The van der Waals surface area contributed by atoms with Crippen LogP contribution in [-0.4, -0.2) is 32.0 Å². The van der Waals surface area contributed by atoms with Crippen LogP contribution >= 0.6 is 0 Å². The lowest BCUT2D eigenvalue weighted by Gasteiger charge is -2.15. The summed E-state index contributed by atoms with van der Waals surface area (Å²) in [5, 5.41) is 3.58. The molecule has 3 heterocycles. The van der Waals surface area contributed by atoms with Crippen molar-refractivity contribution in [2.75, 3.05) is 12.4 Å². The summed E-state index contributed by atoms with van der Waals surface area (Å²) >= 11 is 0. The Morgan fingerprint density at radius 3 is 2.62 bits per heavy atom. The van der Waals surface area contributed by atoms with Crippen molar-refractivity contribution >= 4 is 5.82 Å². The molecule has 0 saturated heterocycles. The Labute approximate surface area is 198 Å². The second-order valence-electron chi connectivity index (χ2n) is 8.86. The first kappa shape index (κ1) is 20.7. The molecule has 4 aromatic rings. The van der Waals surface area contributed by atoms with Crippen molar-refractivity contribution in [3.8, 4) is 28.5 Å². The lowest BCUT2D eigenvalue weighted by Crippen LogP contribution is -2.09. The van der Waals surface area contributed by atoms with Crippen molar-refractivity contribution in [1.82, 2.24) is 24.9 Å². The number of pyridine rings is 1. The molecule has 0 spiro atoms. The third kappa shape index (κ3) is 3.98. The van der Waals surface area contributed by atoms with Gasteiger partial charge in [-0.2, -0.15) is 0 Å². The van der Waals surface area contributed by atoms with Gasteiger partial charge in [-0.15, -0.1) is 0 Å². The number of aromatic nitrogens is 5. The van der Waals surface area contributed by atoms with E-state index in [-0.39, 0.29) is 0 Å². The van der Waals surface area contributed by atoms with Crippen LogP contribution in [0.25, 0.3) is 22.6 Å². The number of nitrogens with zero attached hydrogens (tertiary/aromatic N) is 5. The van der Waals surface area contributed by atoms with Gasteiger partial charge < -0.3 is 10.1 Å². The Morgan fingerprint density at radius 2 is 1.85 bits per heavy atom. The van der Waals surface area contributed by atoms with E-state index in [2.05, 4.69) is 44.5 Å². The fraction of sp³-hybridized carbons (Fsp3) is 0.296. The van der Waals surface area contributed by atoms with E-state index in [1.807, 2.05) is 24.4 Å². The molecule has 0 atom stereocenters. The fourth-order valence-corrected chi connectivity index (χ4v) is 4.62. The van der Waals surface area contributed by atoms with E-state index in [4.69, 9.17) is 14.7 Å². The fourth-order valence-electron chi connectivity index (χ4n) is 4.62. The van der Waals surface area contributed by atoms with E-state index in [1.54, 1.807) is 13.4 Å². The van der Waals surface area contributed by atoms with Gasteiger partial charge in [-0.3, -0.25) is 4.98 Å². The predicted molar refractivity (Wildman–Crippen MR) is 131 cm³/mol. The zero-order valence-electron chi connectivity index (χ0n) is 19.2. The number of nitrogens with one attached hydrogen (secondary N) is 1. The minimum atomic E-state index is 0.442. The number of fused-ring (bicyclic) bond motifs is 1. The van der Waals surface area contributed by atoms with Crippen molar-refractivity contribution < 1.29 is 4.74 Å². The maximum atomic E-state index is 5.60. The summed E-state index contributed by atoms with van der Waals surface area (Å²) in [6.07, 6.45) is 8.73. The highest BCUT2D eigenvalue weighted by Gasteiger charge is 2.32. The smallest absolute Gasteiger partial charge is 0.227 e. The number of hydrogen-bond acceptors (Lipinski definition) is 7. The average Bonchev–Trinajstić information content (AvgIpc) is 3.64. The van der Waals surface area contributed by atoms with Crippen LogP contribution < -0.4 is 10.1 Å². The summed E-state index contributed by atoms with van der Waals surface area (Å²) < 4.78 is 5.60. The molecular weight excluding hydrogens is 424 g/mol. The largest absolute Gasteiger partial charge is 0.480 e. The van der Waals surface area contributed by atoms with Crippen LogP contribution in [0.2, 0.25) is 0 Å². The Kier molecular flexibility index (Phi) is 5.37. The van der Waals surface area contributed by atoms with E-state index < -0.39 is 0 Å². The maximum Gasteiger partial charge on any atom is 0.227 e. The highest BCUT2D eigenvalue weighted by molar-refractivity contribution is 5.68. The van der Waals surface area contributed by atoms with Crippen molar-refractivity contribution in [2.45, 2.75) is 44.6 Å². The standard InChI is InChI=1S/C27H26N6O/c1-34-27-23(24(19-12-13-19)30-16-31-27)26-32-22-7-4-5-20(22)25(33-26)29-15-17-8-10-18(11-9-17)21-6-2-3-14-28-21/h2-3,6,8-11,14,16,19H,4-5,7,12-13,15H2,1H3,(H,29,32,33). The third-order valence-electron chi connectivity index (χ3n) is 6.53. The van der Waals surface area contributed by atoms with E-state index in [0.29, 0.717) is 24.2 Å². The van der Waals surface area contributed by atoms with Crippen LogP contribution in [0.3, 0.4) is 0 Å². The molecule has 0 bridgehead atoms. The normalized spacial score (nSPS) is 14.6. The molecule has 2 aliphatic rings. The summed E-state index contributed by atoms with van der Waals surface area (Å²) in [6, 6.07) is 14.5. The first-order valence-corrected chi connectivity index (χ1v) is 11.8. The average molecular weight is 451 g/mol. The lowest BCUT2D eigenvalue weighted by molar-refractivity contribution is 0.397. The molecule has 0 unspecified atom stereocenters. The molecule has 1 fully saturated rings. The van der Waals surface area contributed by atoms with Crippen molar-refractivity contribution in [2.24, 2.45) is 0 Å². The Morgan fingerprint density at radius 1 is 0.971 bits per heavy atom. The molecule has 1 aromatic carbocycles. The van der Waals surface area contributed by atoms with Crippen LogP contribution in [0.5, 0.6) is 5.88 Å². The molecule has 170 valence electrons. The molecular formula is C27H26N6O. The minimum Gasteiger partial charge on any atom is -0.480 e. The van der Waals surface area contributed by atoms with E-state index >= 15 is 0 Å². The molecule has 0 aliphatic heterocycles. The predicted octanol–water partition coefficient (Wildman–Crippen LogP) is 4.98. The molecule has 1 saturated carbocycles. The Hall–Kier alpha value is -3.87. The van der Waals surface area contributed by atoms with Crippen molar-refractivity contribution in [3.63, 3.8) is 0 Å². The zero-order chi connectivity index (χ0) is 22.9. The van der Waals surface area contributed by atoms with E-state index in [0.717, 1.165) is 66.1 Å². The zero-order valence-corrected chi connectivity index (χ0v) is 19.2. The number of methoxy groups -OCH3 is 1. The second-order valence-corrected chi connectivity index (χ2v) is 8.86. The van der Waals surface area contributed by atoms with Gasteiger partial charge in [0.1, 0.15) is 17.7 Å². The summed E-state index contributed by atoms with van der Waals surface area (Å²) in [6.45, 7) is 0.684. The number of ether oxygens (including phenoxy) is 1. The molecule has 7 heteroatoms. The summed E-state index contributed by atoms with van der Waals surface area (Å²) in [5.74, 6) is 2.55. The number of anilines is 1. The van der Waals surface area contributed by atoms with Crippen LogP contribution in [0.1, 0.15) is 47.7 Å². The molecule has 34 heavy (non-hydrogen) atoms. The first-order valence-electron chi connectivity index (χ1n) is 11.8. The van der Waals surface area contributed by atoms with Gasteiger partial charge in [-0.25, -0.2) is 19.9 Å². The minimum absolute atomic E-state index is 0.442. The lowest BCUT2D eigenvalue weighted by atomic mass is 10.1. The van der Waals surface area contributed by atoms with Gasteiger partial charge in [-0.1, -0.05) is 30.3 Å². The van der Waals surface area contributed by atoms with Crippen molar-refractivity contribution in [1.29, 1.82) is 0 Å². The van der Waals surface area contributed by atoms with Crippen molar-refractivity contribution in [3.05, 3.63) is 77.5 Å². The third-order valence-corrected chi connectivity index (χ3v) is 6.53. The van der Waals surface area contributed by atoms with Gasteiger partial charge in [0.15, 0.2) is 5.82 Å². The summed E-state index contributed by atoms with van der Waals surface area (Å²) in [4.78, 5) is 23.3. The summed E-state index contributed by atoms with van der Waals surface area (Å²) in [5.41, 5.74) is 7.45. The maximum absolute atomic E-state index is 5.60. The molecule has 0 amide bonds. The van der Waals surface area contributed by atoms with Crippen LogP contribution in [0.15, 0.2) is 55.0 Å². The molecule has 1 N–H and O–H groups in total.